The zero-order valence-corrected chi connectivity index (χ0v) is 11.2. The molecule has 0 saturated carbocycles. The molecule has 0 aliphatic carbocycles. The monoisotopic (exact) mass is 254 g/mol. The van der Waals surface area contributed by atoms with Crippen LogP contribution in [0.3, 0.4) is 0 Å². The van der Waals surface area contributed by atoms with E-state index >= 15 is 0 Å². The summed E-state index contributed by atoms with van der Waals surface area (Å²) in [4.78, 5) is 21.9. The van der Waals surface area contributed by atoms with E-state index in [2.05, 4.69) is 0 Å². The van der Waals surface area contributed by atoms with Crippen LogP contribution in [-0.2, 0) is 19.1 Å². The highest BCUT2D eigenvalue weighted by Gasteiger charge is 1.93. The smallest absolute Gasteiger partial charge is 0.330 e. The van der Waals surface area contributed by atoms with Gasteiger partial charge in [-0.15, -0.1) is 0 Å². The van der Waals surface area contributed by atoms with Crippen LogP contribution in [0.1, 0.15) is 39.5 Å². The van der Waals surface area contributed by atoms with Crippen LogP contribution >= 0.6 is 0 Å². The van der Waals surface area contributed by atoms with Crippen molar-refractivity contribution in [3.05, 3.63) is 24.3 Å². The maximum atomic E-state index is 10.9. The van der Waals surface area contributed by atoms with Crippen molar-refractivity contribution in [1.82, 2.24) is 0 Å². The fourth-order valence-corrected chi connectivity index (χ4v) is 1.26. The van der Waals surface area contributed by atoms with Gasteiger partial charge in [0.15, 0.2) is 0 Å². The quantitative estimate of drug-likeness (QED) is 0.360. The Morgan fingerprint density at radius 2 is 1.22 bits per heavy atom. The third-order valence-electron chi connectivity index (χ3n) is 2.07. The number of esters is 2. The first kappa shape index (κ1) is 16.4. The fraction of sp³-hybridized carbons (Fsp3) is 0.571. The first-order chi connectivity index (χ1) is 8.70. The highest BCUT2D eigenvalue weighted by atomic mass is 16.5. The molecule has 0 heterocycles. The number of allylic oxidation sites excluding steroid dienone is 2. The highest BCUT2D eigenvalue weighted by molar-refractivity contribution is 5.82. The molecule has 0 saturated heterocycles. The second kappa shape index (κ2) is 11.9. The standard InChI is InChI=1S/C14H22O4/c1-3-17-13(15)11-9-7-5-6-8-10-12-14(16)18-4-2/h9-12H,3-8H2,1-2H3/b11-9-,12-10-. The number of carbonyl (C=O) groups excluding carboxylic acids is 2. The van der Waals surface area contributed by atoms with Crippen LogP contribution < -0.4 is 0 Å². The van der Waals surface area contributed by atoms with Crippen LogP contribution in [0.4, 0.5) is 0 Å². The maximum Gasteiger partial charge on any atom is 0.330 e. The number of hydrogen-bond donors (Lipinski definition) is 0. The minimum absolute atomic E-state index is 0.292. The van der Waals surface area contributed by atoms with Gasteiger partial charge in [0.05, 0.1) is 13.2 Å². The number of carbonyl (C=O) groups is 2. The molecule has 0 amide bonds. The third kappa shape index (κ3) is 10.9. The van der Waals surface area contributed by atoms with E-state index in [1.807, 2.05) is 12.2 Å². The van der Waals surface area contributed by atoms with E-state index in [-0.39, 0.29) is 11.9 Å². The lowest BCUT2D eigenvalue weighted by atomic mass is 10.2. The van der Waals surface area contributed by atoms with Gasteiger partial charge in [0, 0.05) is 12.2 Å². The van der Waals surface area contributed by atoms with Crippen molar-refractivity contribution in [2.75, 3.05) is 13.2 Å². The Labute approximate surface area is 109 Å². The topological polar surface area (TPSA) is 52.6 Å². The van der Waals surface area contributed by atoms with E-state index < -0.39 is 0 Å². The van der Waals surface area contributed by atoms with Gasteiger partial charge in [-0.25, -0.2) is 9.59 Å². The molecule has 0 bridgehead atoms. The number of ether oxygens (including phenoxy) is 2. The summed E-state index contributed by atoms with van der Waals surface area (Å²) in [5.41, 5.74) is 0. The molecule has 0 atom stereocenters. The fourth-order valence-electron chi connectivity index (χ4n) is 1.26. The summed E-state index contributed by atoms with van der Waals surface area (Å²) in [5, 5.41) is 0. The van der Waals surface area contributed by atoms with Crippen LogP contribution in [0.25, 0.3) is 0 Å². The summed E-state index contributed by atoms with van der Waals surface area (Å²) >= 11 is 0. The lowest BCUT2D eigenvalue weighted by Gasteiger charge is -1.96. The molecule has 0 aromatic carbocycles. The molecule has 0 N–H and O–H groups in total. The van der Waals surface area contributed by atoms with Crippen molar-refractivity contribution in [1.29, 1.82) is 0 Å². The second-order valence-electron chi connectivity index (χ2n) is 3.59. The SMILES string of the molecule is CCOC(=O)/C=C\CCCC/C=C\C(=O)OCC. The highest BCUT2D eigenvalue weighted by Crippen LogP contribution is 2.02. The Balaban J connectivity index is 3.46. The molecule has 0 fully saturated rings. The van der Waals surface area contributed by atoms with E-state index in [4.69, 9.17) is 9.47 Å². The van der Waals surface area contributed by atoms with Crippen molar-refractivity contribution in [3.8, 4) is 0 Å². The number of hydrogen-bond acceptors (Lipinski definition) is 4. The maximum absolute atomic E-state index is 10.9. The first-order valence-electron chi connectivity index (χ1n) is 6.37. The summed E-state index contributed by atoms with van der Waals surface area (Å²) in [5.74, 6) is -0.584. The first-order valence-corrected chi connectivity index (χ1v) is 6.37. The zero-order chi connectivity index (χ0) is 13.6. The van der Waals surface area contributed by atoms with Gasteiger partial charge in [-0.1, -0.05) is 12.2 Å². The molecule has 0 aliphatic rings. The van der Waals surface area contributed by atoms with Crippen molar-refractivity contribution in [2.45, 2.75) is 39.5 Å². The molecule has 0 rings (SSSR count). The van der Waals surface area contributed by atoms with Crippen molar-refractivity contribution >= 4 is 11.9 Å². The minimum atomic E-state index is -0.292. The zero-order valence-electron chi connectivity index (χ0n) is 11.2. The molecule has 102 valence electrons. The Morgan fingerprint density at radius 3 is 1.56 bits per heavy atom. The van der Waals surface area contributed by atoms with Gasteiger partial charge in [0.2, 0.25) is 0 Å². The average molecular weight is 254 g/mol. The summed E-state index contributed by atoms with van der Waals surface area (Å²) in [7, 11) is 0. The molecule has 0 unspecified atom stereocenters. The lowest BCUT2D eigenvalue weighted by Crippen LogP contribution is -1.98. The van der Waals surface area contributed by atoms with Gasteiger partial charge in [-0.2, -0.15) is 0 Å². The van der Waals surface area contributed by atoms with Crippen LogP contribution in [0, 0.1) is 0 Å². The minimum Gasteiger partial charge on any atom is -0.463 e. The molecule has 0 aromatic rings. The molecular formula is C14H22O4. The van der Waals surface area contributed by atoms with Gasteiger partial charge in [-0.05, 0) is 39.5 Å². The van der Waals surface area contributed by atoms with Gasteiger partial charge in [0.25, 0.3) is 0 Å². The normalized spacial score (nSPS) is 11.0. The van der Waals surface area contributed by atoms with E-state index in [1.54, 1.807) is 13.8 Å². The molecular weight excluding hydrogens is 232 g/mol. The van der Waals surface area contributed by atoms with Crippen molar-refractivity contribution < 1.29 is 19.1 Å². The number of unbranched alkanes of at least 4 members (excludes halogenated alkanes) is 3. The predicted octanol–water partition coefficient (Wildman–Crippen LogP) is 2.79. The van der Waals surface area contributed by atoms with Gasteiger partial charge < -0.3 is 9.47 Å². The number of rotatable bonds is 9. The van der Waals surface area contributed by atoms with Crippen LogP contribution in [0.2, 0.25) is 0 Å². The molecule has 4 heteroatoms. The summed E-state index contributed by atoms with van der Waals surface area (Å²) in [6.07, 6.45) is 10.2. The van der Waals surface area contributed by atoms with Crippen molar-refractivity contribution in [3.63, 3.8) is 0 Å². The predicted molar refractivity (Wildman–Crippen MR) is 70.0 cm³/mol. The van der Waals surface area contributed by atoms with Crippen molar-refractivity contribution in [2.24, 2.45) is 0 Å². The third-order valence-corrected chi connectivity index (χ3v) is 2.07. The summed E-state index contributed by atoms with van der Waals surface area (Å²) < 4.78 is 9.50. The van der Waals surface area contributed by atoms with E-state index in [0.29, 0.717) is 13.2 Å². The molecule has 0 aromatic heterocycles. The van der Waals surface area contributed by atoms with Crippen LogP contribution in [-0.4, -0.2) is 25.2 Å². The van der Waals surface area contributed by atoms with E-state index in [9.17, 15) is 9.59 Å². The van der Waals surface area contributed by atoms with Crippen LogP contribution in [0.15, 0.2) is 24.3 Å². The van der Waals surface area contributed by atoms with Gasteiger partial charge in [-0.3, -0.25) is 0 Å². The molecule has 0 aliphatic heterocycles. The van der Waals surface area contributed by atoms with E-state index in [1.165, 1.54) is 12.2 Å². The molecule has 0 radical (unpaired) electrons. The summed E-state index contributed by atoms with van der Waals surface area (Å²) in [6.45, 7) is 4.37. The Morgan fingerprint density at radius 1 is 0.833 bits per heavy atom. The Hall–Kier alpha value is -1.58. The molecule has 0 spiro atoms. The van der Waals surface area contributed by atoms with Gasteiger partial charge in [0.1, 0.15) is 0 Å². The van der Waals surface area contributed by atoms with E-state index in [0.717, 1.165) is 25.7 Å². The average Bonchev–Trinajstić information content (AvgIpc) is 2.33. The van der Waals surface area contributed by atoms with Gasteiger partial charge >= 0.3 is 11.9 Å². The Bertz CT molecular complexity index is 262. The lowest BCUT2D eigenvalue weighted by molar-refractivity contribution is -0.138. The van der Waals surface area contributed by atoms with Crippen LogP contribution in [0.5, 0.6) is 0 Å². The largest absolute Gasteiger partial charge is 0.463 e. The second-order valence-corrected chi connectivity index (χ2v) is 3.59. The Kier molecular flexibility index (Phi) is 10.8. The summed E-state index contributed by atoms with van der Waals surface area (Å²) in [6, 6.07) is 0. The molecule has 4 nitrogen and oxygen atoms in total. The molecule has 18 heavy (non-hydrogen) atoms.